The van der Waals surface area contributed by atoms with E-state index in [1.807, 2.05) is 0 Å². The summed E-state index contributed by atoms with van der Waals surface area (Å²) in [6.45, 7) is 3.79. The van der Waals surface area contributed by atoms with Crippen molar-refractivity contribution in [2.24, 2.45) is 5.92 Å². The maximum absolute atomic E-state index is 12.4. The quantitative estimate of drug-likeness (QED) is 0.735. The van der Waals surface area contributed by atoms with Crippen molar-refractivity contribution in [3.8, 4) is 0 Å². The fraction of sp³-hybridized carbons (Fsp3) is 0.421. The number of thiophene rings is 2. The minimum atomic E-state index is -0.537. The van der Waals surface area contributed by atoms with Crippen molar-refractivity contribution >= 4 is 45.5 Å². The number of amides is 1. The molecule has 1 aliphatic carbocycles. The summed E-state index contributed by atoms with van der Waals surface area (Å²) in [5.41, 5.74) is 1.42. The predicted octanol–water partition coefficient (Wildman–Crippen LogP) is 3.91. The van der Waals surface area contributed by atoms with E-state index >= 15 is 0 Å². The minimum Gasteiger partial charge on any atom is -0.462 e. The fourth-order valence-electron chi connectivity index (χ4n) is 3.02. The zero-order valence-corrected chi connectivity index (χ0v) is 16.8. The van der Waals surface area contributed by atoms with Crippen LogP contribution in [0.25, 0.3) is 0 Å². The first-order valence-electron chi connectivity index (χ1n) is 8.81. The molecule has 1 aliphatic rings. The molecule has 0 aliphatic heterocycles. The molecule has 1 N–H and O–H groups in total. The molecule has 2 aromatic rings. The molecule has 27 heavy (non-hydrogen) atoms. The van der Waals surface area contributed by atoms with E-state index in [9.17, 15) is 14.4 Å². The predicted molar refractivity (Wildman–Crippen MR) is 105 cm³/mol. The number of nitrogens with one attached hydrogen (secondary N) is 1. The Kier molecular flexibility index (Phi) is 6.28. The van der Waals surface area contributed by atoms with E-state index in [0.29, 0.717) is 21.4 Å². The van der Waals surface area contributed by atoms with E-state index in [2.05, 4.69) is 12.2 Å². The zero-order chi connectivity index (χ0) is 19.4. The van der Waals surface area contributed by atoms with Crippen LogP contribution in [0.3, 0.4) is 0 Å². The van der Waals surface area contributed by atoms with Crippen molar-refractivity contribution in [2.45, 2.75) is 33.1 Å². The van der Waals surface area contributed by atoms with Gasteiger partial charge in [0.25, 0.3) is 5.91 Å². The van der Waals surface area contributed by atoms with Crippen LogP contribution in [0.15, 0.2) is 17.5 Å². The van der Waals surface area contributed by atoms with Crippen LogP contribution >= 0.6 is 22.7 Å². The van der Waals surface area contributed by atoms with Crippen LogP contribution in [-0.4, -0.2) is 31.1 Å². The van der Waals surface area contributed by atoms with E-state index < -0.39 is 24.5 Å². The number of anilines is 1. The summed E-state index contributed by atoms with van der Waals surface area (Å²) in [7, 11) is 0. The molecule has 0 bridgehead atoms. The number of rotatable bonds is 6. The number of hydrogen-bond acceptors (Lipinski definition) is 7. The van der Waals surface area contributed by atoms with Gasteiger partial charge in [-0.25, -0.2) is 9.59 Å². The molecule has 1 unspecified atom stereocenters. The van der Waals surface area contributed by atoms with Gasteiger partial charge in [-0.05, 0) is 49.1 Å². The summed E-state index contributed by atoms with van der Waals surface area (Å²) >= 11 is 2.66. The molecule has 0 fully saturated rings. The summed E-state index contributed by atoms with van der Waals surface area (Å²) in [5, 5.41) is 4.97. The third kappa shape index (κ3) is 4.56. The van der Waals surface area contributed by atoms with E-state index in [1.54, 1.807) is 24.4 Å². The fourth-order valence-corrected chi connectivity index (χ4v) is 5.05. The average Bonchev–Trinajstić information content (AvgIpc) is 3.27. The summed E-state index contributed by atoms with van der Waals surface area (Å²) in [4.78, 5) is 38.1. The average molecular weight is 408 g/mol. The van der Waals surface area contributed by atoms with Crippen LogP contribution in [0, 0.1) is 5.92 Å². The van der Waals surface area contributed by atoms with Gasteiger partial charge in [0, 0.05) is 4.88 Å². The van der Waals surface area contributed by atoms with E-state index in [-0.39, 0.29) is 6.61 Å². The highest BCUT2D eigenvalue weighted by Gasteiger charge is 2.29. The van der Waals surface area contributed by atoms with Crippen LogP contribution in [0.2, 0.25) is 0 Å². The van der Waals surface area contributed by atoms with Gasteiger partial charge >= 0.3 is 11.9 Å². The molecule has 0 saturated heterocycles. The summed E-state index contributed by atoms with van der Waals surface area (Å²) < 4.78 is 10.2. The Labute approximate surface area is 165 Å². The molecule has 3 rings (SSSR count). The Morgan fingerprint density at radius 1 is 1.26 bits per heavy atom. The third-order valence-corrected chi connectivity index (χ3v) is 6.32. The third-order valence-electron chi connectivity index (χ3n) is 4.30. The lowest BCUT2D eigenvalue weighted by Crippen LogP contribution is -2.21. The van der Waals surface area contributed by atoms with Crippen molar-refractivity contribution in [3.63, 3.8) is 0 Å². The van der Waals surface area contributed by atoms with Gasteiger partial charge in [-0.2, -0.15) is 0 Å². The first-order valence-corrected chi connectivity index (χ1v) is 10.5. The van der Waals surface area contributed by atoms with Gasteiger partial charge < -0.3 is 14.8 Å². The molecular formula is C19H21NO5S2. The van der Waals surface area contributed by atoms with Crippen molar-refractivity contribution in [3.05, 3.63) is 38.4 Å². The largest absolute Gasteiger partial charge is 0.462 e. The lowest BCUT2D eigenvalue weighted by molar-refractivity contribution is -0.119. The standard InChI is InChI=1S/C19H21NO5S2/c1-3-24-19(23)16-12-7-6-11(2)9-14(12)27-17(16)20-15(21)10-25-18(22)13-5-4-8-26-13/h4-5,8,11H,3,6-7,9-10H2,1-2H3,(H,20,21). The Balaban J connectivity index is 1.72. The van der Waals surface area contributed by atoms with Crippen LogP contribution in [0.1, 0.15) is 50.7 Å². The van der Waals surface area contributed by atoms with Crippen molar-refractivity contribution in [1.29, 1.82) is 0 Å². The molecule has 0 saturated carbocycles. The molecule has 6 nitrogen and oxygen atoms in total. The molecule has 1 atom stereocenters. The Morgan fingerprint density at radius 3 is 2.78 bits per heavy atom. The summed E-state index contributed by atoms with van der Waals surface area (Å²) in [5.74, 6) is -0.890. The zero-order valence-electron chi connectivity index (χ0n) is 15.2. The van der Waals surface area contributed by atoms with Gasteiger partial charge in [0.2, 0.25) is 0 Å². The number of hydrogen-bond donors (Lipinski definition) is 1. The Hall–Kier alpha value is -2.19. The molecule has 0 aromatic carbocycles. The molecule has 1 amide bonds. The SMILES string of the molecule is CCOC(=O)c1c(NC(=O)COC(=O)c2cccs2)sc2c1CCC(C)C2. The highest BCUT2D eigenvalue weighted by atomic mass is 32.1. The Bertz CT molecular complexity index is 841. The maximum Gasteiger partial charge on any atom is 0.348 e. The second-order valence-corrected chi connectivity index (χ2v) is 8.43. The van der Waals surface area contributed by atoms with Gasteiger partial charge in [-0.15, -0.1) is 22.7 Å². The smallest absolute Gasteiger partial charge is 0.348 e. The van der Waals surface area contributed by atoms with Crippen LogP contribution in [-0.2, 0) is 27.1 Å². The monoisotopic (exact) mass is 407 g/mol. The topological polar surface area (TPSA) is 81.7 Å². The maximum atomic E-state index is 12.4. The number of esters is 2. The van der Waals surface area contributed by atoms with Crippen molar-refractivity contribution in [1.82, 2.24) is 0 Å². The normalized spacial score (nSPS) is 15.7. The summed E-state index contributed by atoms with van der Waals surface area (Å²) in [6.07, 6.45) is 2.68. The van der Waals surface area contributed by atoms with Crippen LogP contribution < -0.4 is 5.32 Å². The molecule has 0 spiro atoms. The molecule has 144 valence electrons. The van der Waals surface area contributed by atoms with Crippen LogP contribution in [0.5, 0.6) is 0 Å². The van der Waals surface area contributed by atoms with Gasteiger partial charge in [0.15, 0.2) is 6.61 Å². The molecule has 2 aromatic heterocycles. The number of carbonyl (C=O) groups excluding carboxylic acids is 3. The molecule has 0 radical (unpaired) electrons. The Morgan fingerprint density at radius 2 is 2.07 bits per heavy atom. The molecular weight excluding hydrogens is 386 g/mol. The second kappa shape index (κ2) is 8.67. The van der Waals surface area contributed by atoms with E-state index in [1.165, 1.54) is 22.7 Å². The van der Waals surface area contributed by atoms with E-state index in [0.717, 1.165) is 29.7 Å². The van der Waals surface area contributed by atoms with E-state index in [4.69, 9.17) is 9.47 Å². The second-order valence-electron chi connectivity index (χ2n) is 6.38. The first kappa shape index (κ1) is 19.6. The van der Waals surface area contributed by atoms with Gasteiger partial charge in [-0.3, -0.25) is 4.79 Å². The summed E-state index contributed by atoms with van der Waals surface area (Å²) in [6, 6.07) is 3.38. The highest BCUT2D eigenvalue weighted by molar-refractivity contribution is 7.17. The molecule has 2 heterocycles. The lowest BCUT2D eigenvalue weighted by atomic mass is 9.88. The number of carbonyl (C=O) groups is 3. The number of fused-ring (bicyclic) bond motifs is 1. The van der Waals surface area contributed by atoms with Gasteiger partial charge in [0.1, 0.15) is 9.88 Å². The van der Waals surface area contributed by atoms with Crippen molar-refractivity contribution < 1.29 is 23.9 Å². The minimum absolute atomic E-state index is 0.270. The van der Waals surface area contributed by atoms with Crippen molar-refractivity contribution in [2.75, 3.05) is 18.5 Å². The highest BCUT2D eigenvalue weighted by Crippen LogP contribution is 2.40. The lowest BCUT2D eigenvalue weighted by Gasteiger charge is -2.18. The van der Waals surface area contributed by atoms with Gasteiger partial charge in [-0.1, -0.05) is 13.0 Å². The number of ether oxygens (including phenoxy) is 2. The first-order chi connectivity index (χ1) is 13.0. The molecule has 8 heteroatoms. The van der Waals surface area contributed by atoms with Crippen LogP contribution in [0.4, 0.5) is 5.00 Å². The van der Waals surface area contributed by atoms with Gasteiger partial charge in [0.05, 0.1) is 12.2 Å².